The number of likely N-dealkylation sites (tertiary alicyclic amines) is 1. The number of ether oxygens (including phenoxy) is 2. The molecule has 1 aromatic carbocycles. The first-order valence-corrected chi connectivity index (χ1v) is 13.3. The van der Waals surface area contributed by atoms with Gasteiger partial charge in [-0.2, -0.15) is 5.10 Å². The lowest BCUT2D eigenvalue weighted by atomic mass is 10.1. The molecule has 2 amide bonds. The first-order chi connectivity index (χ1) is 17.3. The highest BCUT2D eigenvalue weighted by Crippen LogP contribution is 2.28. The van der Waals surface area contributed by atoms with Gasteiger partial charge in [0.1, 0.15) is 18.4 Å². The second-order valence-corrected chi connectivity index (χ2v) is 10.6. The van der Waals surface area contributed by atoms with Crippen molar-refractivity contribution in [2.24, 2.45) is 0 Å². The molecule has 36 heavy (non-hydrogen) atoms. The Morgan fingerprint density at radius 2 is 1.78 bits per heavy atom. The van der Waals surface area contributed by atoms with E-state index in [4.69, 9.17) is 14.6 Å². The van der Waals surface area contributed by atoms with E-state index in [-0.39, 0.29) is 36.7 Å². The maximum absolute atomic E-state index is 13.4. The van der Waals surface area contributed by atoms with Crippen LogP contribution in [0.25, 0.3) is 0 Å². The molecule has 8 heteroatoms. The minimum Gasteiger partial charge on any atom is -0.490 e. The van der Waals surface area contributed by atoms with Crippen LogP contribution in [0.5, 0.6) is 5.75 Å². The monoisotopic (exact) mass is 494 g/mol. The Kier molecular flexibility index (Phi) is 7.06. The van der Waals surface area contributed by atoms with Crippen molar-refractivity contribution in [3.8, 4) is 5.75 Å². The first-order valence-electron chi connectivity index (χ1n) is 13.3. The smallest absolute Gasteiger partial charge is 0.274 e. The molecule has 2 saturated heterocycles. The maximum atomic E-state index is 13.4. The minimum atomic E-state index is -0.0363. The Morgan fingerprint density at radius 3 is 2.50 bits per heavy atom. The number of carbonyl (C=O) groups is 2. The highest BCUT2D eigenvalue weighted by molar-refractivity contribution is 5.94. The molecule has 2 atom stereocenters. The summed E-state index contributed by atoms with van der Waals surface area (Å²) in [5.41, 5.74) is 5.00. The average molecular weight is 495 g/mol. The van der Waals surface area contributed by atoms with Crippen molar-refractivity contribution in [3.05, 3.63) is 46.3 Å². The van der Waals surface area contributed by atoms with Crippen molar-refractivity contribution >= 4 is 11.8 Å². The molecule has 1 aromatic heterocycles. The predicted molar refractivity (Wildman–Crippen MR) is 136 cm³/mol. The van der Waals surface area contributed by atoms with Crippen LogP contribution in [0.15, 0.2) is 18.2 Å². The van der Waals surface area contributed by atoms with E-state index >= 15 is 0 Å². The number of nitrogens with zero attached hydrogens (tertiary/aromatic N) is 4. The number of amides is 2. The number of benzene rings is 1. The van der Waals surface area contributed by atoms with Gasteiger partial charge in [-0.1, -0.05) is 12.1 Å². The van der Waals surface area contributed by atoms with Crippen LogP contribution >= 0.6 is 0 Å². The van der Waals surface area contributed by atoms with Gasteiger partial charge in [0.25, 0.3) is 5.91 Å². The van der Waals surface area contributed by atoms with Crippen molar-refractivity contribution in [3.63, 3.8) is 0 Å². The highest BCUT2D eigenvalue weighted by atomic mass is 16.5. The number of fused-ring (bicyclic) bond motifs is 1. The molecule has 5 rings (SSSR count). The summed E-state index contributed by atoms with van der Waals surface area (Å²) in [6, 6.07) is 6.14. The highest BCUT2D eigenvalue weighted by Gasteiger charge is 2.33. The summed E-state index contributed by atoms with van der Waals surface area (Å²) in [5.74, 6) is 0.962. The van der Waals surface area contributed by atoms with Gasteiger partial charge in [0, 0.05) is 50.3 Å². The van der Waals surface area contributed by atoms with E-state index in [1.54, 1.807) is 4.68 Å². The molecule has 0 unspecified atom stereocenters. The van der Waals surface area contributed by atoms with Gasteiger partial charge in [0.05, 0.1) is 12.2 Å². The van der Waals surface area contributed by atoms with Crippen LogP contribution in [0.3, 0.4) is 0 Å². The van der Waals surface area contributed by atoms with E-state index in [1.807, 2.05) is 35.8 Å². The molecule has 0 radical (unpaired) electrons. The van der Waals surface area contributed by atoms with E-state index in [1.165, 1.54) is 11.1 Å². The molecule has 8 nitrogen and oxygen atoms in total. The van der Waals surface area contributed by atoms with Gasteiger partial charge in [-0.05, 0) is 64.2 Å². The van der Waals surface area contributed by atoms with Crippen LogP contribution < -0.4 is 4.74 Å². The summed E-state index contributed by atoms with van der Waals surface area (Å²) in [4.78, 5) is 30.3. The van der Waals surface area contributed by atoms with Crippen molar-refractivity contribution in [2.75, 3.05) is 26.2 Å². The van der Waals surface area contributed by atoms with Crippen LogP contribution in [-0.2, 0) is 28.9 Å². The number of piperidine rings is 1. The molecule has 1 aliphatic carbocycles. The average Bonchev–Trinajstić information content (AvgIpc) is 3.45. The Bertz CT molecular complexity index is 1120. The van der Waals surface area contributed by atoms with E-state index in [9.17, 15) is 9.59 Å². The first kappa shape index (κ1) is 24.8. The van der Waals surface area contributed by atoms with Gasteiger partial charge in [0.2, 0.25) is 5.91 Å². The van der Waals surface area contributed by atoms with Gasteiger partial charge >= 0.3 is 0 Å². The van der Waals surface area contributed by atoms with Crippen LogP contribution in [-0.4, -0.2) is 75.9 Å². The van der Waals surface area contributed by atoms with E-state index in [0.29, 0.717) is 31.9 Å². The zero-order valence-electron chi connectivity index (χ0n) is 22.0. The van der Waals surface area contributed by atoms with Gasteiger partial charge in [-0.25, -0.2) is 0 Å². The molecule has 3 heterocycles. The fourth-order valence-corrected chi connectivity index (χ4v) is 5.79. The van der Waals surface area contributed by atoms with Gasteiger partial charge in [0.15, 0.2) is 5.69 Å². The number of morpholine rings is 1. The summed E-state index contributed by atoms with van der Waals surface area (Å²) in [6.07, 6.45) is 4.48. The fraction of sp³-hybridized carbons (Fsp3) is 0.607. The van der Waals surface area contributed by atoms with Crippen molar-refractivity contribution in [1.29, 1.82) is 0 Å². The number of hydrogen-bond acceptors (Lipinski definition) is 5. The van der Waals surface area contributed by atoms with Crippen LogP contribution in [0, 0.1) is 13.8 Å². The summed E-state index contributed by atoms with van der Waals surface area (Å²) in [6.45, 7) is 10.9. The molecule has 0 bridgehead atoms. The fourth-order valence-electron chi connectivity index (χ4n) is 5.79. The van der Waals surface area contributed by atoms with E-state index in [0.717, 1.165) is 49.1 Å². The quantitative estimate of drug-likeness (QED) is 0.638. The molecule has 0 saturated carbocycles. The molecular weight excluding hydrogens is 456 g/mol. The normalized spacial score (nSPS) is 22.6. The number of carbonyl (C=O) groups excluding carboxylic acids is 2. The second kappa shape index (κ2) is 10.2. The third-order valence-electron chi connectivity index (χ3n) is 7.84. The minimum absolute atomic E-state index is 0.0103. The Morgan fingerprint density at radius 1 is 1.06 bits per heavy atom. The molecule has 3 aliphatic rings. The Labute approximate surface area is 213 Å². The zero-order valence-corrected chi connectivity index (χ0v) is 22.0. The maximum Gasteiger partial charge on any atom is 0.274 e. The third kappa shape index (κ3) is 5.01. The molecule has 2 aromatic rings. The number of hydrogen-bond donors (Lipinski definition) is 0. The number of aromatic nitrogens is 2. The van der Waals surface area contributed by atoms with Gasteiger partial charge < -0.3 is 19.3 Å². The van der Waals surface area contributed by atoms with E-state index < -0.39 is 0 Å². The van der Waals surface area contributed by atoms with Crippen LogP contribution in [0.1, 0.15) is 66.0 Å². The van der Waals surface area contributed by atoms with Gasteiger partial charge in [-0.3, -0.25) is 14.3 Å². The van der Waals surface area contributed by atoms with Crippen LogP contribution in [0.4, 0.5) is 0 Å². The molecular formula is C28H38N4O4. The molecule has 0 N–H and O–H groups in total. The van der Waals surface area contributed by atoms with E-state index in [2.05, 4.69) is 19.9 Å². The summed E-state index contributed by atoms with van der Waals surface area (Å²) >= 11 is 0. The Hall–Kier alpha value is -2.87. The number of rotatable bonds is 5. The predicted octanol–water partition coefficient (Wildman–Crippen LogP) is 3.31. The van der Waals surface area contributed by atoms with Crippen molar-refractivity contribution < 1.29 is 19.1 Å². The topological polar surface area (TPSA) is 76.9 Å². The molecule has 194 valence electrons. The standard InChI is InChI=1S/C28H38N4O4/c1-18-7-5-10-25(21(18)4)36-22-11-13-30(14-12-22)26(33)17-32-24-9-6-8-23(24)27(29-32)28(34)31-15-19(2)35-20(3)16-31/h5,7,10,19-20,22H,6,8-9,11-17H2,1-4H3/t19-,20+. The molecule has 2 fully saturated rings. The lowest BCUT2D eigenvalue weighted by molar-refractivity contribution is -0.133. The van der Waals surface area contributed by atoms with Crippen LogP contribution in [0.2, 0.25) is 0 Å². The SMILES string of the molecule is Cc1cccc(OC2CCN(C(=O)Cn3nc(C(=O)N4C[C@@H](C)O[C@@H](C)C4)c4c3CCC4)CC2)c1C. The van der Waals surface area contributed by atoms with Gasteiger partial charge in [-0.15, -0.1) is 0 Å². The largest absolute Gasteiger partial charge is 0.490 e. The molecule has 0 spiro atoms. The lowest BCUT2D eigenvalue weighted by Gasteiger charge is -2.35. The molecule has 2 aliphatic heterocycles. The second-order valence-electron chi connectivity index (χ2n) is 10.6. The van der Waals surface area contributed by atoms with Crippen molar-refractivity contribution in [1.82, 2.24) is 19.6 Å². The zero-order chi connectivity index (χ0) is 25.4. The Balaban J connectivity index is 1.22. The summed E-state index contributed by atoms with van der Waals surface area (Å²) in [7, 11) is 0. The third-order valence-corrected chi connectivity index (χ3v) is 7.84. The van der Waals surface area contributed by atoms with Crippen molar-refractivity contribution in [2.45, 2.75) is 84.7 Å². The summed E-state index contributed by atoms with van der Waals surface area (Å²) in [5, 5.41) is 4.69. The summed E-state index contributed by atoms with van der Waals surface area (Å²) < 4.78 is 13.9. The lowest BCUT2D eigenvalue weighted by Crippen LogP contribution is -2.48. The number of aryl methyl sites for hydroxylation is 1.